The third-order valence-electron chi connectivity index (χ3n) is 3.86. The van der Waals surface area contributed by atoms with Crippen LogP contribution in [0.3, 0.4) is 0 Å². The van der Waals surface area contributed by atoms with Crippen molar-refractivity contribution in [1.29, 1.82) is 0 Å². The first-order valence-electron chi connectivity index (χ1n) is 7.47. The van der Waals surface area contributed by atoms with E-state index < -0.39 is 0 Å². The van der Waals surface area contributed by atoms with E-state index in [0.717, 1.165) is 16.9 Å². The minimum atomic E-state index is -0.252. The van der Waals surface area contributed by atoms with Gasteiger partial charge in [0.25, 0.3) is 0 Å². The van der Waals surface area contributed by atoms with E-state index >= 15 is 0 Å². The van der Waals surface area contributed by atoms with Crippen molar-refractivity contribution in [2.24, 2.45) is 0 Å². The summed E-state index contributed by atoms with van der Waals surface area (Å²) in [6.07, 6.45) is 2.61. The molecule has 0 N–H and O–H groups in total. The van der Waals surface area contributed by atoms with Crippen LogP contribution in [-0.2, 0) is 11.3 Å². The third-order valence-corrected chi connectivity index (χ3v) is 5.89. The molecule has 1 unspecified atom stereocenters. The summed E-state index contributed by atoms with van der Waals surface area (Å²) in [6.45, 7) is 0.515. The fraction of sp³-hybridized carbons (Fsp3) is 0.278. The first kappa shape index (κ1) is 16.4. The number of rotatable bonds is 4. The van der Waals surface area contributed by atoms with Gasteiger partial charge >= 0.3 is 0 Å². The lowest BCUT2D eigenvalue weighted by atomic mass is 10.1. The number of carbonyl (C=O) groups is 1. The Morgan fingerprint density at radius 1 is 1.17 bits per heavy atom. The van der Waals surface area contributed by atoms with Crippen molar-refractivity contribution in [2.45, 2.75) is 23.2 Å². The molecule has 1 aliphatic heterocycles. The number of thioether (sulfide) groups is 2. The molecular formula is C18H18FNOS2. The van der Waals surface area contributed by atoms with Gasteiger partial charge in [0.2, 0.25) is 5.91 Å². The van der Waals surface area contributed by atoms with E-state index in [9.17, 15) is 9.18 Å². The molecule has 2 aromatic carbocycles. The SMILES string of the molecule is CSc1ccc(C2SCCC(=O)N2Cc2ccc(F)cc2)cc1. The van der Waals surface area contributed by atoms with Crippen molar-refractivity contribution < 1.29 is 9.18 Å². The van der Waals surface area contributed by atoms with Crippen LogP contribution >= 0.6 is 23.5 Å². The summed E-state index contributed by atoms with van der Waals surface area (Å²) in [5, 5.41) is 0.0252. The predicted molar refractivity (Wildman–Crippen MR) is 95.0 cm³/mol. The summed E-state index contributed by atoms with van der Waals surface area (Å²) < 4.78 is 13.1. The molecule has 120 valence electrons. The normalized spacial score (nSPS) is 18.3. The number of hydrogen-bond donors (Lipinski definition) is 0. The number of benzene rings is 2. The van der Waals surface area contributed by atoms with Gasteiger partial charge in [0.05, 0.1) is 0 Å². The summed E-state index contributed by atoms with van der Waals surface area (Å²) in [4.78, 5) is 15.5. The maximum atomic E-state index is 13.1. The lowest BCUT2D eigenvalue weighted by Crippen LogP contribution is -2.36. The number of amides is 1. The Labute approximate surface area is 144 Å². The molecule has 3 rings (SSSR count). The van der Waals surface area contributed by atoms with Crippen LogP contribution in [0.25, 0.3) is 0 Å². The molecule has 2 nitrogen and oxygen atoms in total. The van der Waals surface area contributed by atoms with Crippen molar-refractivity contribution in [3.8, 4) is 0 Å². The van der Waals surface area contributed by atoms with E-state index in [0.29, 0.717) is 13.0 Å². The molecule has 0 aromatic heterocycles. The van der Waals surface area contributed by atoms with Crippen LogP contribution in [-0.4, -0.2) is 22.8 Å². The topological polar surface area (TPSA) is 20.3 Å². The number of nitrogens with zero attached hydrogens (tertiary/aromatic N) is 1. The standard InChI is InChI=1S/C18H18FNOS2/c1-22-16-8-4-14(5-9-16)18-20(17(21)10-11-23-18)12-13-2-6-15(19)7-3-13/h2-9,18H,10-12H2,1H3. The summed E-state index contributed by atoms with van der Waals surface area (Å²) in [7, 11) is 0. The first-order valence-corrected chi connectivity index (χ1v) is 9.74. The Bertz CT molecular complexity index is 672. The first-order chi connectivity index (χ1) is 11.2. The van der Waals surface area contributed by atoms with E-state index in [1.165, 1.54) is 17.0 Å². The van der Waals surface area contributed by atoms with Crippen LogP contribution in [0.1, 0.15) is 22.9 Å². The van der Waals surface area contributed by atoms with Gasteiger partial charge in [-0.15, -0.1) is 23.5 Å². The van der Waals surface area contributed by atoms with Crippen LogP contribution in [0, 0.1) is 5.82 Å². The van der Waals surface area contributed by atoms with Crippen LogP contribution in [0.5, 0.6) is 0 Å². The fourth-order valence-corrected chi connectivity index (χ4v) is 4.27. The Morgan fingerprint density at radius 2 is 1.87 bits per heavy atom. The van der Waals surface area contributed by atoms with Crippen LogP contribution in [0.2, 0.25) is 0 Å². The summed E-state index contributed by atoms with van der Waals surface area (Å²) in [5.41, 5.74) is 2.09. The van der Waals surface area contributed by atoms with Crippen molar-refractivity contribution in [1.82, 2.24) is 4.90 Å². The third kappa shape index (κ3) is 3.90. The Morgan fingerprint density at radius 3 is 2.52 bits per heavy atom. The minimum absolute atomic E-state index is 0.0252. The summed E-state index contributed by atoms with van der Waals surface area (Å²) >= 11 is 3.49. The lowest BCUT2D eigenvalue weighted by molar-refractivity contribution is -0.132. The maximum absolute atomic E-state index is 13.1. The molecule has 1 fully saturated rings. The molecule has 0 saturated carbocycles. The molecule has 1 atom stereocenters. The predicted octanol–water partition coefficient (Wildman–Crippen LogP) is 4.71. The highest BCUT2D eigenvalue weighted by molar-refractivity contribution is 7.99. The summed E-state index contributed by atoms with van der Waals surface area (Å²) in [6, 6.07) is 14.8. The highest BCUT2D eigenvalue weighted by atomic mass is 32.2. The Kier molecular flexibility index (Phi) is 5.28. The maximum Gasteiger partial charge on any atom is 0.224 e. The molecular weight excluding hydrogens is 329 g/mol. The number of halogens is 1. The molecule has 0 spiro atoms. The van der Waals surface area contributed by atoms with E-state index in [2.05, 4.69) is 30.5 Å². The quantitative estimate of drug-likeness (QED) is 0.747. The zero-order valence-electron chi connectivity index (χ0n) is 12.9. The summed E-state index contributed by atoms with van der Waals surface area (Å²) in [5.74, 6) is 0.748. The smallest absolute Gasteiger partial charge is 0.224 e. The molecule has 0 bridgehead atoms. The molecule has 1 heterocycles. The van der Waals surface area contributed by atoms with Crippen molar-refractivity contribution in [3.63, 3.8) is 0 Å². The van der Waals surface area contributed by atoms with E-state index in [1.54, 1.807) is 35.7 Å². The van der Waals surface area contributed by atoms with Gasteiger partial charge in [-0.25, -0.2) is 4.39 Å². The zero-order chi connectivity index (χ0) is 16.2. The Hall–Kier alpha value is -1.46. The molecule has 0 aliphatic carbocycles. The van der Waals surface area contributed by atoms with E-state index in [1.807, 2.05) is 4.90 Å². The molecule has 2 aromatic rings. The molecule has 0 radical (unpaired) electrons. The molecule has 1 aliphatic rings. The lowest BCUT2D eigenvalue weighted by Gasteiger charge is -2.35. The molecule has 23 heavy (non-hydrogen) atoms. The second kappa shape index (κ2) is 7.41. The molecule has 5 heteroatoms. The van der Waals surface area contributed by atoms with Crippen LogP contribution < -0.4 is 0 Å². The largest absolute Gasteiger partial charge is 0.322 e. The van der Waals surface area contributed by atoms with Crippen molar-refractivity contribution >= 4 is 29.4 Å². The van der Waals surface area contributed by atoms with Crippen LogP contribution in [0.15, 0.2) is 53.4 Å². The Balaban J connectivity index is 1.83. The van der Waals surface area contributed by atoms with E-state index in [-0.39, 0.29) is 17.1 Å². The second-order valence-corrected chi connectivity index (χ2v) is 7.46. The minimum Gasteiger partial charge on any atom is -0.322 e. The van der Waals surface area contributed by atoms with Gasteiger partial charge in [0.1, 0.15) is 11.2 Å². The van der Waals surface area contributed by atoms with Gasteiger partial charge in [0.15, 0.2) is 0 Å². The second-order valence-electron chi connectivity index (χ2n) is 5.39. The monoisotopic (exact) mass is 347 g/mol. The highest BCUT2D eigenvalue weighted by Crippen LogP contribution is 2.38. The zero-order valence-corrected chi connectivity index (χ0v) is 14.5. The fourth-order valence-electron chi connectivity index (χ4n) is 2.62. The number of carbonyl (C=O) groups excluding carboxylic acids is 1. The highest BCUT2D eigenvalue weighted by Gasteiger charge is 2.29. The van der Waals surface area contributed by atoms with Crippen LogP contribution in [0.4, 0.5) is 4.39 Å². The average molecular weight is 347 g/mol. The number of hydrogen-bond acceptors (Lipinski definition) is 3. The molecule has 1 saturated heterocycles. The van der Waals surface area contributed by atoms with Gasteiger partial charge in [-0.05, 0) is 41.6 Å². The van der Waals surface area contributed by atoms with Crippen molar-refractivity contribution in [2.75, 3.05) is 12.0 Å². The van der Waals surface area contributed by atoms with Gasteiger partial charge in [0, 0.05) is 23.6 Å². The van der Waals surface area contributed by atoms with E-state index in [4.69, 9.17) is 0 Å². The molecule has 1 amide bonds. The van der Waals surface area contributed by atoms with Gasteiger partial charge < -0.3 is 4.90 Å². The average Bonchev–Trinajstić information content (AvgIpc) is 2.59. The van der Waals surface area contributed by atoms with Gasteiger partial charge in [-0.2, -0.15) is 0 Å². The van der Waals surface area contributed by atoms with Gasteiger partial charge in [-0.1, -0.05) is 24.3 Å². The van der Waals surface area contributed by atoms with Gasteiger partial charge in [-0.3, -0.25) is 4.79 Å². The van der Waals surface area contributed by atoms with Crippen molar-refractivity contribution in [3.05, 3.63) is 65.5 Å².